The average Bonchev–Trinajstić information content (AvgIpc) is 2.89. The van der Waals surface area contributed by atoms with Crippen LogP contribution in [0.3, 0.4) is 0 Å². The second kappa shape index (κ2) is 7.10. The van der Waals surface area contributed by atoms with Crippen molar-refractivity contribution in [3.8, 4) is 0 Å². The molecule has 1 fully saturated rings. The summed E-state index contributed by atoms with van der Waals surface area (Å²) in [4.78, 5) is 16.1. The molecule has 1 N–H and O–H groups in total. The average molecular weight is 292 g/mol. The van der Waals surface area contributed by atoms with Gasteiger partial charge in [0.25, 0.3) is 0 Å². The van der Waals surface area contributed by atoms with Gasteiger partial charge in [-0.05, 0) is 38.0 Å². The number of carbonyl (C=O) groups is 1. The summed E-state index contributed by atoms with van der Waals surface area (Å²) in [5.41, 5.74) is -0.519. The quantitative estimate of drug-likeness (QED) is 0.831. The van der Waals surface area contributed by atoms with Gasteiger partial charge in [-0.2, -0.15) is 0 Å². The lowest BCUT2D eigenvalue weighted by Crippen LogP contribution is -2.36. The molecule has 21 heavy (non-hydrogen) atoms. The number of aryl methyl sites for hydroxylation is 2. The largest absolute Gasteiger partial charge is 0.481 e. The van der Waals surface area contributed by atoms with Crippen LogP contribution in [0.2, 0.25) is 0 Å². The van der Waals surface area contributed by atoms with Crippen molar-refractivity contribution in [2.24, 2.45) is 18.4 Å². The first kappa shape index (κ1) is 16.1. The molecule has 1 aromatic heterocycles. The molecule has 0 aromatic carbocycles. The predicted octanol–water partition coefficient (Wildman–Crippen LogP) is 3.80. The molecular weight excluding hydrogens is 264 g/mol. The number of nitrogens with zero attached hydrogens (tertiary/aromatic N) is 2. The molecule has 1 aromatic rings. The minimum absolute atomic E-state index is 0.519. The number of carboxylic acid groups (broad SMARTS) is 1. The van der Waals surface area contributed by atoms with Crippen LogP contribution < -0.4 is 0 Å². The molecule has 1 saturated carbocycles. The van der Waals surface area contributed by atoms with Crippen LogP contribution in [-0.4, -0.2) is 20.6 Å². The maximum absolute atomic E-state index is 11.8. The molecule has 1 heterocycles. The van der Waals surface area contributed by atoms with Crippen LogP contribution in [0.15, 0.2) is 12.4 Å². The van der Waals surface area contributed by atoms with Crippen molar-refractivity contribution < 1.29 is 9.90 Å². The molecule has 0 bridgehead atoms. The Kier molecular flexibility index (Phi) is 5.43. The smallest absolute Gasteiger partial charge is 0.309 e. The van der Waals surface area contributed by atoms with E-state index in [0.29, 0.717) is 6.42 Å². The summed E-state index contributed by atoms with van der Waals surface area (Å²) in [6.45, 7) is 2.22. The summed E-state index contributed by atoms with van der Waals surface area (Å²) in [5, 5.41) is 9.72. The third-order valence-corrected chi connectivity index (χ3v) is 5.23. The Morgan fingerprint density at radius 2 is 2.19 bits per heavy atom. The van der Waals surface area contributed by atoms with E-state index in [1.807, 2.05) is 17.8 Å². The van der Waals surface area contributed by atoms with Crippen molar-refractivity contribution >= 4 is 5.97 Å². The van der Waals surface area contributed by atoms with Crippen LogP contribution in [0.25, 0.3) is 0 Å². The summed E-state index contributed by atoms with van der Waals surface area (Å²) in [7, 11) is 1.97. The highest BCUT2D eigenvalue weighted by Gasteiger charge is 2.41. The Bertz CT molecular complexity index is 459. The normalized spacial score (nSPS) is 25.9. The van der Waals surface area contributed by atoms with Crippen LogP contribution in [0.5, 0.6) is 0 Å². The number of carboxylic acids is 1. The van der Waals surface area contributed by atoms with E-state index in [9.17, 15) is 9.90 Å². The first-order valence-corrected chi connectivity index (χ1v) is 8.27. The van der Waals surface area contributed by atoms with Crippen LogP contribution >= 0.6 is 0 Å². The monoisotopic (exact) mass is 292 g/mol. The summed E-state index contributed by atoms with van der Waals surface area (Å²) in [6, 6.07) is 0. The fourth-order valence-electron chi connectivity index (χ4n) is 3.57. The molecule has 1 aliphatic rings. The lowest BCUT2D eigenvalue weighted by atomic mass is 9.67. The highest BCUT2D eigenvalue weighted by Crippen LogP contribution is 2.43. The molecule has 1 aliphatic carbocycles. The van der Waals surface area contributed by atoms with Gasteiger partial charge >= 0.3 is 5.97 Å². The van der Waals surface area contributed by atoms with Crippen LogP contribution in [-0.2, 0) is 18.3 Å². The highest BCUT2D eigenvalue weighted by molar-refractivity contribution is 5.74. The minimum atomic E-state index is -0.606. The van der Waals surface area contributed by atoms with Crippen LogP contribution in [0, 0.1) is 11.3 Å². The van der Waals surface area contributed by atoms with Crippen molar-refractivity contribution in [1.29, 1.82) is 0 Å². The van der Waals surface area contributed by atoms with Gasteiger partial charge in [0.1, 0.15) is 5.82 Å². The molecule has 0 aliphatic heterocycles. The number of imidazole rings is 1. The Morgan fingerprint density at radius 3 is 2.71 bits per heavy atom. The van der Waals surface area contributed by atoms with Gasteiger partial charge in [0.2, 0.25) is 0 Å². The molecule has 0 atom stereocenters. The molecule has 118 valence electrons. The van der Waals surface area contributed by atoms with Crippen molar-refractivity contribution in [3.05, 3.63) is 18.2 Å². The zero-order valence-corrected chi connectivity index (χ0v) is 13.3. The van der Waals surface area contributed by atoms with E-state index in [4.69, 9.17) is 0 Å². The highest BCUT2D eigenvalue weighted by atomic mass is 16.4. The van der Waals surface area contributed by atoms with E-state index < -0.39 is 11.4 Å². The number of hydrogen-bond donors (Lipinski definition) is 1. The van der Waals surface area contributed by atoms with Gasteiger partial charge in [0.05, 0.1) is 5.41 Å². The zero-order valence-electron chi connectivity index (χ0n) is 13.3. The summed E-state index contributed by atoms with van der Waals surface area (Å²) in [5.74, 6) is 1.12. The molecule has 0 amide bonds. The number of hydrogen-bond acceptors (Lipinski definition) is 2. The Hall–Kier alpha value is -1.32. The minimum Gasteiger partial charge on any atom is -0.481 e. The van der Waals surface area contributed by atoms with Crippen LogP contribution in [0.4, 0.5) is 0 Å². The van der Waals surface area contributed by atoms with Gasteiger partial charge in [-0.15, -0.1) is 0 Å². The number of rotatable bonds is 7. The van der Waals surface area contributed by atoms with Crippen LogP contribution in [0.1, 0.15) is 64.1 Å². The van der Waals surface area contributed by atoms with Crippen molar-refractivity contribution in [1.82, 2.24) is 9.55 Å². The second-order valence-corrected chi connectivity index (χ2v) is 6.63. The van der Waals surface area contributed by atoms with E-state index in [-0.39, 0.29) is 0 Å². The third-order valence-electron chi connectivity index (χ3n) is 5.23. The Balaban J connectivity index is 1.93. The van der Waals surface area contributed by atoms with Gasteiger partial charge in [0, 0.05) is 25.9 Å². The lowest BCUT2D eigenvalue weighted by Gasteiger charge is -2.37. The summed E-state index contributed by atoms with van der Waals surface area (Å²) >= 11 is 0. The molecule has 0 radical (unpaired) electrons. The van der Waals surface area contributed by atoms with E-state index >= 15 is 0 Å². The number of unbranched alkanes of at least 4 members (excludes halogenated alkanes) is 1. The van der Waals surface area contributed by atoms with Gasteiger partial charge in [-0.3, -0.25) is 4.79 Å². The first-order valence-electron chi connectivity index (χ1n) is 8.27. The molecule has 0 unspecified atom stereocenters. The predicted molar refractivity (Wildman–Crippen MR) is 83.1 cm³/mol. The standard InChI is InChI=1S/C17H28N2O2/c1-3-4-5-14-6-9-17(10-7-14,16(20)21)11-8-15-18-12-13-19(15)2/h12-14H,3-11H2,1-2H3,(H,20,21). The summed E-state index contributed by atoms with van der Waals surface area (Å²) in [6.07, 6.45) is 12.8. The third kappa shape index (κ3) is 3.86. The molecule has 2 rings (SSSR count). The molecule has 4 nitrogen and oxygen atoms in total. The Labute approximate surface area is 127 Å². The van der Waals surface area contributed by atoms with E-state index in [1.54, 1.807) is 6.20 Å². The van der Waals surface area contributed by atoms with E-state index in [2.05, 4.69) is 11.9 Å². The van der Waals surface area contributed by atoms with E-state index in [0.717, 1.165) is 43.8 Å². The zero-order chi connectivity index (χ0) is 15.3. The molecular formula is C17H28N2O2. The fraction of sp³-hybridized carbons (Fsp3) is 0.765. The van der Waals surface area contributed by atoms with Gasteiger partial charge < -0.3 is 9.67 Å². The fourth-order valence-corrected chi connectivity index (χ4v) is 3.57. The SMILES string of the molecule is CCCCC1CCC(CCc2nccn2C)(C(=O)O)CC1. The number of aromatic nitrogens is 2. The van der Waals surface area contributed by atoms with Gasteiger partial charge in [-0.1, -0.05) is 26.2 Å². The second-order valence-electron chi connectivity index (χ2n) is 6.63. The molecule has 0 spiro atoms. The molecule has 4 heteroatoms. The topological polar surface area (TPSA) is 55.1 Å². The van der Waals surface area contributed by atoms with Crippen molar-refractivity contribution in [2.75, 3.05) is 0 Å². The number of aliphatic carboxylic acids is 1. The van der Waals surface area contributed by atoms with Gasteiger partial charge in [0.15, 0.2) is 0 Å². The first-order chi connectivity index (χ1) is 10.1. The van der Waals surface area contributed by atoms with E-state index in [1.165, 1.54) is 19.3 Å². The van der Waals surface area contributed by atoms with Crippen molar-refractivity contribution in [3.63, 3.8) is 0 Å². The molecule has 0 saturated heterocycles. The maximum Gasteiger partial charge on any atom is 0.309 e. The maximum atomic E-state index is 11.8. The van der Waals surface area contributed by atoms with Crippen molar-refractivity contribution in [2.45, 2.75) is 64.7 Å². The van der Waals surface area contributed by atoms with Gasteiger partial charge in [-0.25, -0.2) is 4.98 Å². The summed E-state index contributed by atoms with van der Waals surface area (Å²) < 4.78 is 1.99. The lowest BCUT2D eigenvalue weighted by molar-refractivity contribution is -0.152. The Morgan fingerprint density at radius 1 is 1.48 bits per heavy atom.